The summed E-state index contributed by atoms with van der Waals surface area (Å²) in [6, 6.07) is 7.83. The van der Waals surface area contributed by atoms with Gasteiger partial charge in [0.05, 0.1) is 12.5 Å². The summed E-state index contributed by atoms with van der Waals surface area (Å²) in [7, 11) is 1.79. The number of amides is 2. The second-order valence-corrected chi connectivity index (χ2v) is 7.11. The van der Waals surface area contributed by atoms with Crippen LogP contribution in [0.4, 0.5) is 0 Å². The largest absolute Gasteiger partial charge is 0.353 e. The Hall–Kier alpha value is -2.47. The Morgan fingerprint density at radius 2 is 2.19 bits per heavy atom. The van der Waals surface area contributed by atoms with Crippen molar-refractivity contribution in [1.29, 1.82) is 0 Å². The molecule has 0 spiro atoms. The van der Waals surface area contributed by atoms with Gasteiger partial charge in [-0.1, -0.05) is 18.2 Å². The molecule has 6 nitrogen and oxygen atoms in total. The highest BCUT2D eigenvalue weighted by Crippen LogP contribution is 2.20. The molecule has 0 saturated carbocycles. The highest BCUT2D eigenvalue weighted by Gasteiger charge is 2.33. The minimum atomic E-state index is -0.393. The number of hydrogen-bond donors (Lipinski definition) is 1. The van der Waals surface area contributed by atoms with E-state index in [0.717, 1.165) is 22.9 Å². The molecule has 3 rings (SSSR count). The molecule has 1 fully saturated rings. The normalized spacial score (nSPS) is 18.2. The van der Waals surface area contributed by atoms with E-state index in [1.165, 1.54) is 0 Å². The Kier molecular flexibility index (Phi) is 5.52. The van der Waals surface area contributed by atoms with Crippen molar-refractivity contribution in [3.63, 3.8) is 0 Å². The molecule has 2 heterocycles. The molecule has 2 amide bonds. The molecule has 138 valence electrons. The Bertz CT molecular complexity index is 800. The maximum atomic E-state index is 12.8. The Balaban J connectivity index is 1.72. The van der Waals surface area contributed by atoms with Gasteiger partial charge in [-0.15, -0.1) is 0 Å². The molecular weight excluding hydrogens is 328 g/mol. The van der Waals surface area contributed by atoms with Gasteiger partial charge >= 0.3 is 0 Å². The summed E-state index contributed by atoms with van der Waals surface area (Å²) in [4.78, 5) is 33.0. The second kappa shape index (κ2) is 7.83. The van der Waals surface area contributed by atoms with Crippen LogP contribution in [-0.2, 0) is 16.1 Å². The van der Waals surface area contributed by atoms with E-state index in [2.05, 4.69) is 29.0 Å². The minimum absolute atomic E-state index is 0.0243. The molecule has 0 bridgehead atoms. The average Bonchev–Trinajstić information content (AvgIpc) is 2.63. The van der Waals surface area contributed by atoms with E-state index in [1.54, 1.807) is 18.1 Å². The van der Waals surface area contributed by atoms with E-state index in [4.69, 9.17) is 0 Å². The standard InChI is InChI=1S/C20H26N4O2/c1-14(2)24-10-9-22-20(26)18(24)11-19(25)23(3)13-16-6-4-5-15-12-21-8-7-17(15)16/h4-8,12,14,18H,9-11,13H2,1-3H3,(H,22,26). The van der Waals surface area contributed by atoms with Crippen molar-refractivity contribution in [2.24, 2.45) is 0 Å². The van der Waals surface area contributed by atoms with Gasteiger partial charge in [-0.25, -0.2) is 0 Å². The lowest BCUT2D eigenvalue weighted by Crippen LogP contribution is -2.58. The Morgan fingerprint density at radius 3 is 2.96 bits per heavy atom. The number of carbonyl (C=O) groups is 2. The lowest BCUT2D eigenvalue weighted by atomic mass is 10.0. The van der Waals surface area contributed by atoms with E-state index < -0.39 is 6.04 Å². The van der Waals surface area contributed by atoms with Gasteiger partial charge in [-0.05, 0) is 30.9 Å². The van der Waals surface area contributed by atoms with Crippen molar-refractivity contribution in [2.45, 2.75) is 38.9 Å². The van der Waals surface area contributed by atoms with Gasteiger partial charge < -0.3 is 10.2 Å². The Morgan fingerprint density at radius 1 is 1.38 bits per heavy atom. The lowest BCUT2D eigenvalue weighted by molar-refractivity contribution is -0.139. The second-order valence-electron chi connectivity index (χ2n) is 7.11. The number of carbonyl (C=O) groups excluding carboxylic acids is 2. The first-order chi connectivity index (χ1) is 12.5. The van der Waals surface area contributed by atoms with Crippen LogP contribution in [0, 0.1) is 0 Å². The average molecular weight is 354 g/mol. The van der Waals surface area contributed by atoms with E-state index in [9.17, 15) is 9.59 Å². The SMILES string of the molecule is CC(C)N1CCNC(=O)C1CC(=O)N(C)Cc1cccc2cnccc12. The van der Waals surface area contributed by atoms with Crippen LogP contribution in [0.15, 0.2) is 36.7 Å². The number of aromatic nitrogens is 1. The highest BCUT2D eigenvalue weighted by molar-refractivity contribution is 5.89. The predicted octanol–water partition coefficient (Wildman–Crippen LogP) is 1.79. The topological polar surface area (TPSA) is 65.5 Å². The van der Waals surface area contributed by atoms with Crippen molar-refractivity contribution in [3.8, 4) is 0 Å². The number of fused-ring (bicyclic) bond motifs is 1. The van der Waals surface area contributed by atoms with Crippen LogP contribution in [0.1, 0.15) is 25.8 Å². The fourth-order valence-corrected chi connectivity index (χ4v) is 3.55. The summed E-state index contributed by atoms with van der Waals surface area (Å²) >= 11 is 0. The highest BCUT2D eigenvalue weighted by atomic mass is 16.2. The molecule has 1 aliphatic heterocycles. The molecule has 1 aromatic heterocycles. The molecule has 26 heavy (non-hydrogen) atoms. The van der Waals surface area contributed by atoms with Crippen LogP contribution >= 0.6 is 0 Å². The third kappa shape index (κ3) is 3.85. The zero-order valence-electron chi connectivity index (χ0n) is 15.6. The molecule has 1 saturated heterocycles. The Labute approximate surface area is 154 Å². The van der Waals surface area contributed by atoms with Gasteiger partial charge in [0, 0.05) is 50.5 Å². The molecule has 1 atom stereocenters. The number of nitrogens with zero attached hydrogens (tertiary/aromatic N) is 3. The van der Waals surface area contributed by atoms with Gasteiger partial charge in [0.15, 0.2) is 0 Å². The van der Waals surface area contributed by atoms with Crippen LogP contribution in [-0.4, -0.2) is 58.8 Å². The third-order valence-electron chi connectivity index (χ3n) is 5.01. The molecule has 1 aromatic carbocycles. The molecule has 1 aliphatic rings. The van der Waals surface area contributed by atoms with E-state index in [-0.39, 0.29) is 24.3 Å². The maximum absolute atomic E-state index is 12.8. The lowest BCUT2D eigenvalue weighted by Gasteiger charge is -2.38. The summed E-state index contributed by atoms with van der Waals surface area (Å²) in [6.45, 7) is 6.05. The number of hydrogen-bond acceptors (Lipinski definition) is 4. The number of benzene rings is 1. The van der Waals surface area contributed by atoms with Crippen molar-refractivity contribution >= 4 is 22.6 Å². The molecule has 6 heteroatoms. The van der Waals surface area contributed by atoms with E-state index >= 15 is 0 Å². The van der Waals surface area contributed by atoms with Gasteiger partial charge in [0.25, 0.3) is 0 Å². The third-order valence-corrected chi connectivity index (χ3v) is 5.01. The van der Waals surface area contributed by atoms with Gasteiger partial charge in [-0.3, -0.25) is 19.5 Å². The fraction of sp³-hybridized carbons (Fsp3) is 0.450. The van der Waals surface area contributed by atoms with Crippen LogP contribution in [0.5, 0.6) is 0 Å². The van der Waals surface area contributed by atoms with Crippen molar-refractivity contribution in [3.05, 3.63) is 42.2 Å². The number of piperazine rings is 1. The van der Waals surface area contributed by atoms with Crippen LogP contribution in [0.2, 0.25) is 0 Å². The smallest absolute Gasteiger partial charge is 0.237 e. The minimum Gasteiger partial charge on any atom is -0.353 e. The number of nitrogens with one attached hydrogen (secondary N) is 1. The quantitative estimate of drug-likeness (QED) is 0.889. The molecule has 0 aliphatic carbocycles. The van der Waals surface area contributed by atoms with Gasteiger partial charge in [-0.2, -0.15) is 0 Å². The van der Waals surface area contributed by atoms with E-state index in [1.807, 2.05) is 30.5 Å². The summed E-state index contributed by atoms with van der Waals surface area (Å²) in [5.41, 5.74) is 1.08. The molecule has 1 N–H and O–H groups in total. The number of rotatable bonds is 5. The fourth-order valence-electron chi connectivity index (χ4n) is 3.55. The van der Waals surface area contributed by atoms with Crippen molar-refractivity contribution in [1.82, 2.24) is 20.1 Å². The maximum Gasteiger partial charge on any atom is 0.237 e. The summed E-state index contributed by atoms with van der Waals surface area (Å²) < 4.78 is 0. The van der Waals surface area contributed by atoms with Crippen molar-refractivity contribution < 1.29 is 9.59 Å². The first kappa shape index (κ1) is 18.3. The monoisotopic (exact) mass is 354 g/mol. The number of pyridine rings is 1. The summed E-state index contributed by atoms with van der Waals surface area (Å²) in [5, 5.41) is 5.03. The molecule has 1 unspecified atom stereocenters. The molecule has 0 radical (unpaired) electrons. The van der Waals surface area contributed by atoms with Crippen LogP contribution < -0.4 is 5.32 Å². The zero-order valence-corrected chi connectivity index (χ0v) is 15.6. The van der Waals surface area contributed by atoms with E-state index in [0.29, 0.717) is 13.1 Å². The predicted molar refractivity (Wildman–Crippen MR) is 101 cm³/mol. The van der Waals surface area contributed by atoms with Crippen LogP contribution in [0.3, 0.4) is 0 Å². The van der Waals surface area contributed by atoms with Gasteiger partial charge in [0.2, 0.25) is 11.8 Å². The summed E-state index contributed by atoms with van der Waals surface area (Å²) in [5.74, 6) is -0.0771. The zero-order chi connectivity index (χ0) is 18.7. The van der Waals surface area contributed by atoms with Crippen LogP contribution in [0.25, 0.3) is 10.8 Å². The first-order valence-electron chi connectivity index (χ1n) is 9.06. The van der Waals surface area contributed by atoms with Crippen molar-refractivity contribution in [2.75, 3.05) is 20.1 Å². The van der Waals surface area contributed by atoms with Gasteiger partial charge in [0.1, 0.15) is 0 Å². The first-order valence-corrected chi connectivity index (χ1v) is 9.06. The molecular formula is C20H26N4O2. The molecule has 2 aromatic rings. The summed E-state index contributed by atoms with van der Waals surface area (Å²) in [6.07, 6.45) is 3.79.